The lowest BCUT2D eigenvalue weighted by atomic mass is 10.2. The number of nitrogens with zero attached hydrogens (tertiary/aromatic N) is 2. The van der Waals surface area contributed by atoms with Crippen LogP contribution in [0.15, 0.2) is 47.6 Å². The molecule has 2 N–H and O–H groups in total. The molecule has 134 valence electrons. The Morgan fingerprint density at radius 2 is 1.81 bits per heavy atom. The Balaban J connectivity index is 1.87. The standard InChI is InChI=1S/C16H12Cl2N4O4/c17-11-2-4-12(5-3-11)20-15(23)8-16(24)21-19-9-10-1-6-13(18)14(7-10)22(25)26/h1-7,9H,8H2,(H,20,23)(H,21,24). The van der Waals surface area contributed by atoms with E-state index in [0.717, 1.165) is 0 Å². The van der Waals surface area contributed by atoms with E-state index in [1.54, 1.807) is 24.3 Å². The smallest absolute Gasteiger partial charge is 0.288 e. The summed E-state index contributed by atoms with van der Waals surface area (Å²) in [5.74, 6) is -1.17. The molecule has 10 heteroatoms. The summed E-state index contributed by atoms with van der Waals surface area (Å²) >= 11 is 11.4. The summed E-state index contributed by atoms with van der Waals surface area (Å²) in [6, 6.07) is 10.5. The first-order valence-corrected chi connectivity index (χ1v) is 7.92. The highest BCUT2D eigenvalue weighted by molar-refractivity contribution is 6.32. The zero-order valence-corrected chi connectivity index (χ0v) is 14.6. The summed E-state index contributed by atoms with van der Waals surface area (Å²) in [4.78, 5) is 33.6. The molecule has 0 fully saturated rings. The minimum absolute atomic E-state index is 0.00458. The lowest BCUT2D eigenvalue weighted by molar-refractivity contribution is -0.384. The highest BCUT2D eigenvalue weighted by Gasteiger charge is 2.12. The van der Waals surface area contributed by atoms with Crippen molar-refractivity contribution in [1.29, 1.82) is 0 Å². The minimum Gasteiger partial charge on any atom is -0.326 e. The second kappa shape index (κ2) is 8.93. The van der Waals surface area contributed by atoms with Crippen LogP contribution in [0.25, 0.3) is 0 Å². The Morgan fingerprint density at radius 3 is 2.46 bits per heavy atom. The quantitative estimate of drug-likeness (QED) is 0.338. The monoisotopic (exact) mass is 394 g/mol. The number of hydrogen-bond acceptors (Lipinski definition) is 5. The van der Waals surface area contributed by atoms with Gasteiger partial charge in [0.2, 0.25) is 11.8 Å². The van der Waals surface area contributed by atoms with Crippen molar-refractivity contribution in [1.82, 2.24) is 5.43 Å². The number of carbonyl (C=O) groups is 2. The molecule has 0 aliphatic carbocycles. The van der Waals surface area contributed by atoms with Crippen LogP contribution in [-0.4, -0.2) is 23.0 Å². The van der Waals surface area contributed by atoms with Gasteiger partial charge in [0.05, 0.1) is 11.1 Å². The van der Waals surface area contributed by atoms with Gasteiger partial charge in [0.25, 0.3) is 5.69 Å². The number of amides is 2. The molecule has 0 saturated carbocycles. The van der Waals surface area contributed by atoms with Crippen molar-refractivity contribution in [2.45, 2.75) is 6.42 Å². The fourth-order valence-corrected chi connectivity index (χ4v) is 2.17. The van der Waals surface area contributed by atoms with Gasteiger partial charge in [-0.2, -0.15) is 5.10 Å². The molecular formula is C16H12Cl2N4O4. The number of nitrogens with one attached hydrogen (secondary N) is 2. The molecule has 0 atom stereocenters. The van der Waals surface area contributed by atoms with Gasteiger partial charge in [-0.15, -0.1) is 0 Å². The maximum absolute atomic E-state index is 11.8. The van der Waals surface area contributed by atoms with Crippen LogP contribution in [0.1, 0.15) is 12.0 Å². The molecule has 2 rings (SSSR count). The first kappa shape index (κ1) is 19.4. The van der Waals surface area contributed by atoms with Crippen LogP contribution in [0.4, 0.5) is 11.4 Å². The fraction of sp³-hybridized carbons (Fsp3) is 0.0625. The van der Waals surface area contributed by atoms with Gasteiger partial charge in [0.1, 0.15) is 11.4 Å². The first-order chi connectivity index (χ1) is 12.3. The van der Waals surface area contributed by atoms with Gasteiger partial charge in [-0.3, -0.25) is 19.7 Å². The molecular weight excluding hydrogens is 383 g/mol. The van der Waals surface area contributed by atoms with Gasteiger partial charge in [-0.05, 0) is 30.3 Å². The normalized spacial score (nSPS) is 10.5. The topological polar surface area (TPSA) is 114 Å². The SMILES string of the molecule is O=C(CC(=O)Nc1ccc(Cl)cc1)NN=Cc1ccc(Cl)c([N+](=O)[O-])c1. The molecule has 0 saturated heterocycles. The van der Waals surface area contributed by atoms with Gasteiger partial charge >= 0.3 is 0 Å². The van der Waals surface area contributed by atoms with Crippen molar-refractivity contribution in [3.63, 3.8) is 0 Å². The van der Waals surface area contributed by atoms with E-state index in [9.17, 15) is 19.7 Å². The highest BCUT2D eigenvalue weighted by Crippen LogP contribution is 2.24. The molecule has 0 radical (unpaired) electrons. The van der Waals surface area contributed by atoms with Gasteiger partial charge in [-0.1, -0.05) is 29.3 Å². The molecule has 0 aliphatic rings. The molecule has 2 aromatic carbocycles. The Hall–Kier alpha value is -2.97. The van der Waals surface area contributed by atoms with E-state index in [4.69, 9.17) is 23.2 Å². The third-order valence-electron chi connectivity index (χ3n) is 3.02. The lowest BCUT2D eigenvalue weighted by Crippen LogP contribution is -2.24. The van der Waals surface area contributed by atoms with Crippen LogP contribution in [0.5, 0.6) is 0 Å². The van der Waals surface area contributed by atoms with Gasteiger partial charge in [0.15, 0.2) is 0 Å². The maximum atomic E-state index is 11.8. The average Bonchev–Trinajstić information content (AvgIpc) is 2.58. The number of hydrogen-bond donors (Lipinski definition) is 2. The largest absolute Gasteiger partial charge is 0.326 e. The summed E-state index contributed by atoms with van der Waals surface area (Å²) in [6.07, 6.45) is 0.763. The molecule has 0 spiro atoms. The van der Waals surface area contributed by atoms with Crippen molar-refractivity contribution >= 4 is 52.6 Å². The number of nitro groups is 1. The third kappa shape index (κ3) is 5.83. The van der Waals surface area contributed by atoms with Crippen molar-refractivity contribution < 1.29 is 14.5 Å². The van der Waals surface area contributed by atoms with E-state index in [1.807, 2.05) is 0 Å². The van der Waals surface area contributed by atoms with E-state index in [2.05, 4.69) is 15.8 Å². The molecule has 0 aromatic heterocycles. The number of carbonyl (C=O) groups excluding carboxylic acids is 2. The van der Waals surface area contributed by atoms with Crippen molar-refractivity contribution in [2.75, 3.05) is 5.32 Å². The molecule has 2 aromatic rings. The zero-order chi connectivity index (χ0) is 19.1. The number of halogens is 2. The molecule has 0 aliphatic heterocycles. The fourth-order valence-electron chi connectivity index (χ4n) is 1.85. The average molecular weight is 395 g/mol. The zero-order valence-electron chi connectivity index (χ0n) is 13.1. The lowest BCUT2D eigenvalue weighted by Gasteiger charge is -2.04. The predicted molar refractivity (Wildman–Crippen MR) is 98.5 cm³/mol. The Kier molecular flexibility index (Phi) is 6.65. The van der Waals surface area contributed by atoms with Crippen LogP contribution in [0.3, 0.4) is 0 Å². The number of anilines is 1. The number of nitro benzene ring substituents is 1. The predicted octanol–water partition coefficient (Wildman–Crippen LogP) is 3.38. The summed E-state index contributed by atoms with van der Waals surface area (Å²) in [5, 5.41) is 17.5. The van der Waals surface area contributed by atoms with E-state index < -0.39 is 23.2 Å². The maximum Gasteiger partial charge on any atom is 0.288 e. The second-order valence-corrected chi connectivity index (χ2v) is 5.84. The van der Waals surface area contributed by atoms with Crippen molar-refractivity contribution in [2.24, 2.45) is 5.10 Å². The number of benzene rings is 2. The van der Waals surface area contributed by atoms with Gasteiger partial charge in [0, 0.05) is 22.3 Å². The summed E-state index contributed by atoms with van der Waals surface area (Å²) in [7, 11) is 0. The van der Waals surface area contributed by atoms with E-state index in [0.29, 0.717) is 16.3 Å². The van der Waals surface area contributed by atoms with Crippen LogP contribution < -0.4 is 10.7 Å². The van der Waals surface area contributed by atoms with E-state index >= 15 is 0 Å². The summed E-state index contributed by atoms with van der Waals surface area (Å²) < 4.78 is 0. The number of rotatable bonds is 6. The Bertz CT molecular complexity index is 869. The number of hydrazone groups is 1. The molecule has 0 bridgehead atoms. The summed E-state index contributed by atoms with van der Waals surface area (Å²) in [5.41, 5.74) is 2.76. The highest BCUT2D eigenvalue weighted by atomic mass is 35.5. The van der Waals surface area contributed by atoms with Crippen LogP contribution in [0.2, 0.25) is 10.0 Å². The van der Waals surface area contributed by atoms with Crippen molar-refractivity contribution in [3.05, 3.63) is 68.2 Å². The van der Waals surface area contributed by atoms with Gasteiger partial charge in [-0.25, -0.2) is 5.43 Å². The van der Waals surface area contributed by atoms with Crippen LogP contribution in [-0.2, 0) is 9.59 Å². The molecule has 0 unspecified atom stereocenters. The third-order valence-corrected chi connectivity index (χ3v) is 3.59. The summed E-state index contributed by atoms with van der Waals surface area (Å²) in [6.45, 7) is 0. The van der Waals surface area contributed by atoms with E-state index in [-0.39, 0.29) is 10.7 Å². The van der Waals surface area contributed by atoms with Crippen LogP contribution >= 0.6 is 23.2 Å². The molecule has 2 amide bonds. The Morgan fingerprint density at radius 1 is 1.12 bits per heavy atom. The molecule has 8 nitrogen and oxygen atoms in total. The van der Waals surface area contributed by atoms with Crippen molar-refractivity contribution in [3.8, 4) is 0 Å². The van der Waals surface area contributed by atoms with E-state index in [1.165, 1.54) is 24.4 Å². The molecule has 26 heavy (non-hydrogen) atoms. The Labute approximate surface area is 157 Å². The molecule has 0 heterocycles. The minimum atomic E-state index is -0.642. The first-order valence-electron chi connectivity index (χ1n) is 7.16. The second-order valence-electron chi connectivity index (χ2n) is 4.99. The van der Waals surface area contributed by atoms with Crippen LogP contribution in [0, 0.1) is 10.1 Å². The van der Waals surface area contributed by atoms with Gasteiger partial charge < -0.3 is 5.32 Å².